The van der Waals surface area contributed by atoms with Gasteiger partial charge in [-0.1, -0.05) is 17.7 Å². The summed E-state index contributed by atoms with van der Waals surface area (Å²) in [6.07, 6.45) is 2.80. The Labute approximate surface area is 112 Å². The minimum absolute atomic E-state index is 0.0736. The van der Waals surface area contributed by atoms with Crippen molar-refractivity contribution in [3.8, 4) is 5.75 Å². The molecule has 0 saturated carbocycles. The fraction of sp³-hybridized carbons (Fsp3) is 0.500. The summed E-state index contributed by atoms with van der Waals surface area (Å²) >= 11 is 5.93. The van der Waals surface area contributed by atoms with Crippen molar-refractivity contribution in [1.82, 2.24) is 0 Å². The highest BCUT2D eigenvalue weighted by Crippen LogP contribution is 2.30. The lowest BCUT2D eigenvalue weighted by Crippen LogP contribution is -2.24. The van der Waals surface area contributed by atoms with Crippen LogP contribution in [0.15, 0.2) is 18.2 Å². The summed E-state index contributed by atoms with van der Waals surface area (Å²) in [4.78, 5) is 11.0. The lowest BCUT2D eigenvalue weighted by atomic mass is 10.1. The molecule has 4 heteroatoms. The fourth-order valence-corrected chi connectivity index (χ4v) is 2.35. The molecule has 1 fully saturated rings. The maximum Gasteiger partial charge on any atom is 0.155 e. The Bertz CT molecular complexity index is 443. The van der Waals surface area contributed by atoms with E-state index < -0.39 is 0 Å². The van der Waals surface area contributed by atoms with Crippen LogP contribution >= 0.6 is 11.6 Å². The van der Waals surface area contributed by atoms with Gasteiger partial charge in [-0.15, -0.1) is 0 Å². The Morgan fingerprint density at radius 1 is 1.56 bits per heavy atom. The normalized spacial score (nSPS) is 21.8. The summed E-state index contributed by atoms with van der Waals surface area (Å²) in [6, 6.07) is 5.19. The van der Waals surface area contributed by atoms with Crippen molar-refractivity contribution in [2.75, 3.05) is 6.61 Å². The minimum atomic E-state index is -0.0736. The first kappa shape index (κ1) is 13.4. The number of carbonyl (C=O) groups is 1. The van der Waals surface area contributed by atoms with Crippen molar-refractivity contribution < 1.29 is 14.3 Å². The molecule has 1 heterocycles. The maximum atomic E-state index is 11.0. The molecule has 3 nitrogen and oxygen atoms in total. The summed E-state index contributed by atoms with van der Waals surface area (Å²) in [5.74, 6) is 0.519. The Balaban J connectivity index is 1.99. The van der Waals surface area contributed by atoms with E-state index in [0.29, 0.717) is 22.9 Å². The van der Waals surface area contributed by atoms with Crippen LogP contribution < -0.4 is 4.74 Å². The van der Waals surface area contributed by atoms with Crippen LogP contribution in [0, 0.1) is 0 Å². The zero-order valence-corrected chi connectivity index (χ0v) is 11.4. The van der Waals surface area contributed by atoms with Crippen LogP contribution in [0.2, 0.25) is 5.02 Å². The van der Waals surface area contributed by atoms with E-state index in [2.05, 4.69) is 13.8 Å². The van der Waals surface area contributed by atoms with E-state index in [1.807, 2.05) is 0 Å². The van der Waals surface area contributed by atoms with Crippen molar-refractivity contribution >= 4 is 17.9 Å². The molecule has 0 amide bonds. The van der Waals surface area contributed by atoms with Gasteiger partial charge in [0.1, 0.15) is 12.4 Å². The predicted octanol–water partition coefficient (Wildman–Crippen LogP) is 3.49. The zero-order valence-electron chi connectivity index (χ0n) is 10.6. The van der Waals surface area contributed by atoms with Gasteiger partial charge >= 0.3 is 0 Å². The molecule has 1 aromatic carbocycles. The molecule has 1 saturated heterocycles. The summed E-state index contributed by atoms with van der Waals surface area (Å²) in [7, 11) is 0. The van der Waals surface area contributed by atoms with Crippen LogP contribution in [0.3, 0.4) is 0 Å². The fourth-order valence-electron chi connectivity index (χ4n) is 2.14. The van der Waals surface area contributed by atoms with Gasteiger partial charge in [-0.2, -0.15) is 0 Å². The quantitative estimate of drug-likeness (QED) is 0.784. The molecule has 2 rings (SSSR count). The van der Waals surface area contributed by atoms with E-state index in [9.17, 15) is 4.79 Å². The third-order valence-electron chi connectivity index (χ3n) is 3.11. The van der Waals surface area contributed by atoms with Gasteiger partial charge in [-0.25, -0.2) is 0 Å². The van der Waals surface area contributed by atoms with Crippen molar-refractivity contribution in [2.45, 2.75) is 38.4 Å². The largest absolute Gasteiger partial charge is 0.490 e. The van der Waals surface area contributed by atoms with Gasteiger partial charge in [0.15, 0.2) is 6.29 Å². The Morgan fingerprint density at radius 2 is 2.33 bits per heavy atom. The van der Waals surface area contributed by atoms with E-state index in [0.717, 1.165) is 19.1 Å². The summed E-state index contributed by atoms with van der Waals surface area (Å²) in [6.45, 7) is 4.59. The minimum Gasteiger partial charge on any atom is -0.490 e. The van der Waals surface area contributed by atoms with Crippen LogP contribution in [0.4, 0.5) is 0 Å². The first-order valence-electron chi connectivity index (χ1n) is 6.06. The topological polar surface area (TPSA) is 35.5 Å². The SMILES string of the molecule is CC1(C)CCC(COc2cccc(Cl)c2C=O)O1. The molecule has 0 radical (unpaired) electrons. The highest BCUT2D eigenvalue weighted by Gasteiger charge is 2.32. The van der Waals surface area contributed by atoms with E-state index in [-0.39, 0.29) is 11.7 Å². The van der Waals surface area contributed by atoms with Gasteiger partial charge in [0.05, 0.1) is 22.3 Å². The maximum absolute atomic E-state index is 11.0. The first-order valence-corrected chi connectivity index (χ1v) is 6.44. The van der Waals surface area contributed by atoms with Crippen LogP contribution in [0.25, 0.3) is 0 Å². The highest BCUT2D eigenvalue weighted by atomic mass is 35.5. The summed E-state index contributed by atoms with van der Waals surface area (Å²) in [5.41, 5.74) is 0.326. The van der Waals surface area contributed by atoms with E-state index in [1.54, 1.807) is 18.2 Å². The van der Waals surface area contributed by atoms with Crippen LogP contribution in [-0.2, 0) is 4.74 Å². The second-order valence-corrected chi connectivity index (χ2v) is 5.53. The first-order chi connectivity index (χ1) is 8.52. The predicted molar refractivity (Wildman–Crippen MR) is 70.5 cm³/mol. The number of rotatable bonds is 4. The molecule has 0 spiro atoms. The van der Waals surface area contributed by atoms with Gasteiger partial charge < -0.3 is 9.47 Å². The van der Waals surface area contributed by atoms with Gasteiger partial charge in [-0.3, -0.25) is 4.79 Å². The number of aldehydes is 1. The number of carbonyl (C=O) groups excluding carboxylic acids is 1. The van der Waals surface area contributed by atoms with Crippen molar-refractivity contribution in [1.29, 1.82) is 0 Å². The van der Waals surface area contributed by atoms with E-state index in [1.165, 1.54) is 0 Å². The van der Waals surface area contributed by atoms with Crippen LogP contribution in [0.1, 0.15) is 37.0 Å². The molecule has 1 unspecified atom stereocenters. The third-order valence-corrected chi connectivity index (χ3v) is 3.44. The molecular formula is C14H17ClO3. The molecule has 98 valence electrons. The number of hydrogen-bond acceptors (Lipinski definition) is 3. The van der Waals surface area contributed by atoms with Gasteiger partial charge in [0, 0.05) is 0 Å². The van der Waals surface area contributed by atoms with Gasteiger partial charge in [-0.05, 0) is 38.8 Å². The molecule has 1 aliphatic rings. The number of benzene rings is 1. The molecule has 1 atom stereocenters. The highest BCUT2D eigenvalue weighted by molar-refractivity contribution is 6.33. The molecule has 18 heavy (non-hydrogen) atoms. The number of ether oxygens (including phenoxy) is 2. The third kappa shape index (κ3) is 3.03. The molecule has 1 aliphatic heterocycles. The monoisotopic (exact) mass is 268 g/mol. The lowest BCUT2D eigenvalue weighted by Gasteiger charge is -2.19. The smallest absolute Gasteiger partial charge is 0.155 e. The standard InChI is InChI=1S/C14H17ClO3/c1-14(2)7-6-10(18-14)9-17-13-5-3-4-12(15)11(13)8-16/h3-5,8,10H,6-7,9H2,1-2H3. The molecule has 1 aromatic rings. The average Bonchev–Trinajstić information content (AvgIpc) is 2.66. The lowest BCUT2D eigenvalue weighted by molar-refractivity contribution is -0.0327. The number of hydrogen-bond donors (Lipinski definition) is 0. The van der Waals surface area contributed by atoms with Crippen LogP contribution in [-0.4, -0.2) is 24.6 Å². The van der Waals surface area contributed by atoms with Crippen molar-refractivity contribution in [3.63, 3.8) is 0 Å². The second kappa shape index (κ2) is 5.29. The molecular weight excluding hydrogens is 252 g/mol. The molecule has 0 bridgehead atoms. The average molecular weight is 269 g/mol. The summed E-state index contributed by atoms with van der Waals surface area (Å²) < 4.78 is 11.5. The Morgan fingerprint density at radius 3 is 2.94 bits per heavy atom. The van der Waals surface area contributed by atoms with Crippen molar-refractivity contribution in [2.24, 2.45) is 0 Å². The Kier molecular flexibility index (Phi) is 3.93. The summed E-state index contributed by atoms with van der Waals surface area (Å²) in [5, 5.41) is 0.412. The molecule has 0 aliphatic carbocycles. The second-order valence-electron chi connectivity index (χ2n) is 5.12. The van der Waals surface area contributed by atoms with Crippen molar-refractivity contribution in [3.05, 3.63) is 28.8 Å². The number of halogens is 1. The Hall–Kier alpha value is -1.06. The van der Waals surface area contributed by atoms with E-state index in [4.69, 9.17) is 21.1 Å². The van der Waals surface area contributed by atoms with E-state index >= 15 is 0 Å². The van der Waals surface area contributed by atoms with Gasteiger partial charge in [0.25, 0.3) is 0 Å². The molecule has 0 aromatic heterocycles. The zero-order chi connectivity index (χ0) is 13.2. The van der Waals surface area contributed by atoms with Gasteiger partial charge in [0.2, 0.25) is 0 Å². The van der Waals surface area contributed by atoms with Crippen LogP contribution in [0.5, 0.6) is 5.75 Å². The molecule has 0 N–H and O–H groups in total.